The van der Waals surface area contributed by atoms with Gasteiger partial charge in [-0.3, -0.25) is 9.48 Å². The Labute approximate surface area is 97.9 Å². The summed E-state index contributed by atoms with van der Waals surface area (Å²) in [6.45, 7) is 1.95. The molecule has 2 aromatic heterocycles. The second-order valence-electron chi connectivity index (χ2n) is 3.62. The van der Waals surface area contributed by atoms with Crippen LogP contribution >= 0.6 is 11.3 Å². The van der Waals surface area contributed by atoms with Gasteiger partial charge in [0.25, 0.3) is 5.91 Å². The lowest BCUT2D eigenvalue weighted by atomic mass is 10.2. The highest BCUT2D eigenvalue weighted by atomic mass is 32.1. The Morgan fingerprint density at radius 2 is 2.44 bits per heavy atom. The predicted molar refractivity (Wildman–Crippen MR) is 63.4 cm³/mol. The van der Waals surface area contributed by atoms with Gasteiger partial charge >= 0.3 is 0 Å². The van der Waals surface area contributed by atoms with Gasteiger partial charge in [-0.15, -0.1) is 11.3 Å². The maximum Gasteiger partial charge on any atom is 0.261 e. The fourth-order valence-corrected chi connectivity index (χ4v) is 2.05. The van der Waals surface area contributed by atoms with Gasteiger partial charge in [-0.1, -0.05) is 6.07 Å². The van der Waals surface area contributed by atoms with E-state index < -0.39 is 0 Å². The molecule has 0 bridgehead atoms. The zero-order valence-electron chi connectivity index (χ0n) is 9.18. The van der Waals surface area contributed by atoms with E-state index in [9.17, 15) is 4.79 Å². The largest absolute Gasteiger partial charge is 0.345 e. The zero-order chi connectivity index (χ0) is 11.5. The Kier molecular flexibility index (Phi) is 3.05. The summed E-state index contributed by atoms with van der Waals surface area (Å²) in [4.78, 5) is 12.5. The van der Waals surface area contributed by atoms with Crippen LogP contribution in [0, 0.1) is 0 Å². The SMILES string of the molecule is CC(NC(=O)c1cccs1)c1cnn(C)c1. The second-order valence-corrected chi connectivity index (χ2v) is 4.57. The van der Waals surface area contributed by atoms with Crippen LogP contribution in [0.15, 0.2) is 29.9 Å². The van der Waals surface area contributed by atoms with Crippen LogP contribution < -0.4 is 5.32 Å². The number of nitrogens with one attached hydrogen (secondary N) is 1. The first-order chi connectivity index (χ1) is 7.66. The molecule has 2 heterocycles. The number of hydrogen-bond acceptors (Lipinski definition) is 3. The average molecular weight is 235 g/mol. The maximum absolute atomic E-state index is 11.8. The molecule has 1 N–H and O–H groups in total. The van der Waals surface area contributed by atoms with Crippen molar-refractivity contribution in [3.8, 4) is 0 Å². The maximum atomic E-state index is 11.8. The first-order valence-corrected chi connectivity index (χ1v) is 5.87. The van der Waals surface area contributed by atoms with Crippen molar-refractivity contribution >= 4 is 17.2 Å². The molecule has 0 saturated heterocycles. The van der Waals surface area contributed by atoms with E-state index in [1.807, 2.05) is 37.7 Å². The van der Waals surface area contributed by atoms with Crippen LogP contribution in [-0.2, 0) is 7.05 Å². The minimum absolute atomic E-state index is 0.0247. The molecule has 1 atom stereocenters. The third kappa shape index (κ3) is 2.30. The molecule has 0 aliphatic heterocycles. The Bertz CT molecular complexity index is 475. The predicted octanol–water partition coefficient (Wildman–Crippen LogP) is 1.97. The highest BCUT2D eigenvalue weighted by molar-refractivity contribution is 7.12. The van der Waals surface area contributed by atoms with Gasteiger partial charge in [0.2, 0.25) is 0 Å². The van der Waals surface area contributed by atoms with E-state index in [-0.39, 0.29) is 11.9 Å². The van der Waals surface area contributed by atoms with Gasteiger partial charge in [0.15, 0.2) is 0 Å². The molecule has 0 radical (unpaired) electrons. The van der Waals surface area contributed by atoms with E-state index in [4.69, 9.17) is 0 Å². The van der Waals surface area contributed by atoms with Crippen molar-refractivity contribution in [2.24, 2.45) is 7.05 Å². The average Bonchev–Trinajstić information content (AvgIpc) is 2.87. The van der Waals surface area contributed by atoms with Crippen LogP contribution in [0.3, 0.4) is 0 Å². The van der Waals surface area contributed by atoms with Gasteiger partial charge in [0.1, 0.15) is 0 Å². The monoisotopic (exact) mass is 235 g/mol. The summed E-state index contributed by atoms with van der Waals surface area (Å²) < 4.78 is 1.73. The lowest BCUT2D eigenvalue weighted by Gasteiger charge is -2.10. The Balaban J connectivity index is 2.03. The topological polar surface area (TPSA) is 46.9 Å². The molecule has 4 nitrogen and oxygen atoms in total. The number of aryl methyl sites for hydroxylation is 1. The van der Waals surface area contributed by atoms with Gasteiger partial charge in [0, 0.05) is 18.8 Å². The first-order valence-electron chi connectivity index (χ1n) is 4.99. The van der Waals surface area contributed by atoms with Crippen molar-refractivity contribution < 1.29 is 4.79 Å². The Morgan fingerprint density at radius 3 is 3.00 bits per heavy atom. The summed E-state index contributed by atoms with van der Waals surface area (Å²) in [5.74, 6) is -0.0358. The Hall–Kier alpha value is -1.62. The summed E-state index contributed by atoms with van der Waals surface area (Å²) in [5, 5.41) is 8.90. The number of thiophene rings is 1. The molecule has 1 amide bonds. The Morgan fingerprint density at radius 1 is 1.62 bits per heavy atom. The summed E-state index contributed by atoms with van der Waals surface area (Å²) >= 11 is 1.44. The lowest BCUT2D eigenvalue weighted by Crippen LogP contribution is -2.25. The van der Waals surface area contributed by atoms with E-state index in [0.29, 0.717) is 0 Å². The summed E-state index contributed by atoms with van der Waals surface area (Å²) in [5.41, 5.74) is 1.01. The van der Waals surface area contributed by atoms with Gasteiger partial charge in [-0.05, 0) is 18.4 Å². The first kappa shape index (κ1) is 10.9. The van der Waals surface area contributed by atoms with Crippen LogP contribution in [0.25, 0.3) is 0 Å². The molecule has 0 aromatic carbocycles. The molecule has 2 rings (SSSR count). The van der Waals surface area contributed by atoms with Crippen LogP contribution in [0.1, 0.15) is 28.2 Å². The summed E-state index contributed by atoms with van der Waals surface area (Å²) in [7, 11) is 1.86. The van der Waals surface area contributed by atoms with Crippen molar-refractivity contribution in [3.05, 3.63) is 40.3 Å². The minimum Gasteiger partial charge on any atom is -0.345 e. The second kappa shape index (κ2) is 4.49. The van der Waals surface area contributed by atoms with E-state index in [1.54, 1.807) is 10.9 Å². The number of rotatable bonds is 3. The number of hydrogen-bond donors (Lipinski definition) is 1. The van der Waals surface area contributed by atoms with Crippen LogP contribution in [0.2, 0.25) is 0 Å². The minimum atomic E-state index is -0.0358. The molecule has 16 heavy (non-hydrogen) atoms. The number of carbonyl (C=O) groups excluding carboxylic acids is 1. The van der Waals surface area contributed by atoms with E-state index >= 15 is 0 Å². The molecule has 0 aliphatic rings. The summed E-state index contributed by atoms with van der Waals surface area (Å²) in [6.07, 6.45) is 3.67. The molecule has 2 aromatic rings. The van der Waals surface area contributed by atoms with E-state index in [1.165, 1.54) is 11.3 Å². The normalized spacial score (nSPS) is 12.4. The lowest BCUT2D eigenvalue weighted by molar-refractivity contribution is 0.0944. The van der Waals surface area contributed by atoms with Crippen molar-refractivity contribution in [3.63, 3.8) is 0 Å². The third-order valence-electron chi connectivity index (χ3n) is 2.32. The number of amides is 1. The fourth-order valence-electron chi connectivity index (χ4n) is 1.42. The standard InChI is InChI=1S/C11H13N3OS/c1-8(9-6-12-14(2)7-9)13-11(15)10-4-3-5-16-10/h3-8H,1-2H3,(H,13,15). The van der Waals surface area contributed by atoms with Crippen LogP contribution in [-0.4, -0.2) is 15.7 Å². The molecular weight excluding hydrogens is 222 g/mol. The third-order valence-corrected chi connectivity index (χ3v) is 3.19. The molecule has 0 aliphatic carbocycles. The highest BCUT2D eigenvalue weighted by Gasteiger charge is 2.12. The molecule has 0 saturated carbocycles. The van der Waals surface area contributed by atoms with Crippen LogP contribution in [0.4, 0.5) is 0 Å². The van der Waals surface area contributed by atoms with Gasteiger partial charge in [-0.25, -0.2) is 0 Å². The molecule has 5 heteroatoms. The van der Waals surface area contributed by atoms with Crippen molar-refractivity contribution in [1.82, 2.24) is 15.1 Å². The smallest absolute Gasteiger partial charge is 0.261 e. The molecule has 0 fully saturated rings. The molecular formula is C11H13N3OS. The zero-order valence-corrected chi connectivity index (χ0v) is 9.99. The van der Waals surface area contributed by atoms with Crippen LogP contribution in [0.5, 0.6) is 0 Å². The number of nitrogens with zero attached hydrogens (tertiary/aromatic N) is 2. The number of aromatic nitrogens is 2. The number of carbonyl (C=O) groups is 1. The van der Waals surface area contributed by atoms with Crippen molar-refractivity contribution in [1.29, 1.82) is 0 Å². The highest BCUT2D eigenvalue weighted by Crippen LogP contribution is 2.13. The molecule has 0 spiro atoms. The summed E-state index contributed by atoms with van der Waals surface area (Å²) in [6, 6.07) is 3.66. The van der Waals surface area contributed by atoms with Crippen molar-refractivity contribution in [2.75, 3.05) is 0 Å². The van der Waals surface area contributed by atoms with Gasteiger partial charge in [0.05, 0.1) is 17.1 Å². The fraction of sp³-hybridized carbons (Fsp3) is 0.273. The van der Waals surface area contributed by atoms with Crippen molar-refractivity contribution in [2.45, 2.75) is 13.0 Å². The molecule has 84 valence electrons. The van der Waals surface area contributed by atoms with E-state index in [0.717, 1.165) is 10.4 Å². The van der Waals surface area contributed by atoms with E-state index in [2.05, 4.69) is 10.4 Å². The molecule has 1 unspecified atom stereocenters. The van der Waals surface area contributed by atoms with Gasteiger partial charge < -0.3 is 5.32 Å². The van der Waals surface area contributed by atoms with Gasteiger partial charge in [-0.2, -0.15) is 5.10 Å². The quantitative estimate of drug-likeness (QED) is 0.884.